The van der Waals surface area contributed by atoms with Gasteiger partial charge in [-0.15, -0.1) is 11.3 Å². The van der Waals surface area contributed by atoms with Crippen LogP contribution in [0.25, 0.3) is 0 Å². The van der Waals surface area contributed by atoms with Gasteiger partial charge in [-0.3, -0.25) is 0 Å². The number of nitrogens with zero attached hydrogens (tertiary/aromatic N) is 2. The maximum Gasteiger partial charge on any atom is 0.185 e. The molecule has 4 heteroatoms. The van der Waals surface area contributed by atoms with Crippen LogP contribution in [0.1, 0.15) is 37.3 Å². The SMILES string of the molecule is CCCCN(C)c1nc(CC)c(CNC)s1. The van der Waals surface area contributed by atoms with E-state index in [0.717, 1.165) is 24.6 Å². The first-order valence-corrected chi connectivity index (χ1v) is 6.88. The van der Waals surface area contributed by atoms with Crippen LogP contribution in [0.2, 0.25) is 0 Å². The second-order valence-corrected chi connectivity index (χ2v) is 5.09. The number of aryl methyl sites for hydroxylation is 1. The van der Waals surface area contributed by atoms with Gasteiger partial charge < -0.3 is 10.2 Å². The molecule has 0 aliphatic carbocycles. The van der Waals surface area contributed by atoms with Gasteiger partial charge in [-0.25, -0.2) is 4.98 Å². The van der Waals surface area contributed by atoms with Crippen molar-refractivity contribution >= 4 is 16.5 Å². The lowest BCUT2D eigenvalue weighted by Crippen LogP contribution is -2.17. The lowest BCUT2D eigenvalue weighted by Gasteiger charge is -2.14. The van der Waals surface area contributed by atoms with Crippen LogP contribution in [0.4, 0.5) is 5.13 Å². The van der Waals surface area contributed by atoms with Crippen molar-refractivity contribution in [1.29, 1.82) is 0 Å². The molecule has 1 aromatic rings. The first-order chi connectivity index (χ1) is 7.72. The number of thiazole rings is 1. The van der Waals surface area contributed by atoms with E-state index in [9.17, 15) is 0 Å². The number of nitrogens with one attached hydrogen (secondary N) is 1. The highest BCUT2D eigenvalue weighted by molar-refractivity contribution is 7.15. The highest BCUT2D eigenvalue weighted by Gasteiger charge is 2.11. The molecule has 1 heterocycles. The Bertz CT molecular complexity index is 309. The monoisotopic (exact) mass is 241 g/mol. The van der Waals surface area contributed by atoms with Crippen LogP contribution in [0.15, 0.2) is 0 Å². The molecule has 0 atom stereocenters. The standard InChI is InChI=1S/C12H23N3S/c1-5-7-8-15(4)12-14-10(6-2)11(16-12)9-13-3/h13H,5-9H2,1-4H3. The van der Waals surface area contributed by atoms with E-state index >= 15 is 0 Å². The third-order valence-electron chi connectivity index (χ3n) is 2.61. The molecule has 0 saturated heterocycles. The molecule has 0 aliphatic rings. The Morgan fingerprint density at radius 3 is 2.69 bits per heavy atom. The number of hydrogen-bond donors (Lipinski definition) is 1. The lowest BCUT2D eigenvalue weighted by molar-refractivity contribution is 0.762. The molecule has 0 unspecified atom stereocenters. The lowest BCUT2D eigenvalue weighted by atomic mass is 10.3. The Morgan fingerprint density at radius 1 is 1.38 bits per heavy atom. The van der Waals surface area contributed by atoms with Crippen molar-refractivity contribution in [3.63, 3.8) is 0 Å². The molecule has 0 aromatic carbocycles. The number of unbranched alkanes of at least 4 members (excludes halogenated alkanes) is 1. The summed E-state index contributed by atoms with van der Waals surface area (Å²) in [4.78, 5) is 8.35. The van der Waals surface area contributed by atoms with E-state index in [1.165, 1.54) is 23.4 Å². The fraction of sp³-hybridized carbons (Fsp3) is 0.750. The molecule has 1 aromatic heterocycles. The van der Waals surface area contributed by atoms with Crippen molar-refractivity contribution in [2.75, 3.05) is 25.5 Å². The summed E-state index contributed by atoms with van der Waals surface area (Å²) in [7, 11) is 4.12. The van der Waals surface area contributed by atoms with Gasteiger partial charge in [0, 0.05) is 25.0 Å². The maximum absolute atomic E-state index is 4.70. The molecule has 0 spiro atoms. The molecular formula is C12H23N3S. The van der Waals surface area contributed by atoms with E-state index < -0.39 is 0 Å². The van der Waals surface area contributed by atoms with Crippen LogP contribution < -0.4 is 10.2 Å². The molecule has 0 fully saturated rings. The molecule has 0 radical (unpaired) electrons. The molecule has 0 bridgehead atoms. The largest absolute Gasteiger partial charge is 0.351 e. The third-order valence-corrected chi connectivity index (χ3v) is 3.82. The second-order valence-electron chi connectivity index (χ2n) is 4.03. The highest BCUT2D eigenvalue weighted by atomic mass is 32.1. The summed E-state index contributed by atoms with van der Waals surface area (Å²) in [5, 5.41) is 4.37. The van der Waals surface area contributed by atoms with Gasteiger partial charge in [-0.1, -0.05) is 20.3 Å². The van der Waals surface area contributed by atoms with E-state index in [1.54, 1.807) is 0 Å². The predicted molar refractivity (Wildman–Crippen MR) is 72.4 cm³/mol. The summed E-state index contributed by atoms with van der Waals surface area (Å²) in [6.07, 6.45) is 3.49. The maximum atomic E-state index is 4.70. The topological polar surface area (TPSA) is 28.2 Å². The molecule has 0 aliphatic heterocycles. The van der Waals surface area contributed by atoms with Crippen LogP contribution in [0, 0.1) is 0 Å². The van der Waals surface area contributed by atoms with Gasteiger partial charge in [0.25, 0.3) is 0 Å². The molecular weight excluding hydrogens is 218 g/mol. The van der Waals surface area contributed by atoms with Crippen molar-refractivity contribution < 1.29 is 0 Å². The second kappa shape index (κ2) is 6.86. The molecule has 1 N–H and O–H groups in total. The van der Waals surface area contributed by atoms with E-state index in [2.05, 4.69) is 31.1 Å². The van der Waals surface area contributed by atoms with E-state index in [4.69, 9.17) is 4.98 Å². The Hall–Kier alpha value is -0.610. The van der Waals surface area contributed by atoms with Gasteiger partial charge in [0.15, 0.2) is 5.13 Å². The Balaban J connectivity index is 2.72. The summed E-state index contributed by atoms with van der Waals surface area (Å²) in [5.74, 6) is 0. The molecule has 16 heavy (non-hydrogen) atoms. The normalized spacial score (nSPS) is 10.8. The Labute approximate surface area is 103 Å². The summed E-state index contributed by atoms with van der Waals surface area (Å²) in [6, 6.07) is 0. The molecule has 1 rings (SSSR count). The van der Waals surface area contributed by atoms with Crippen LogP contribution in [-0.4, -0.2) is 25.6 Å². The zero-order valence-corrected chi connectivity index (χ0v) is 11.7. The van der Waals surface area contributed by atoms with Crippen molar-refractivity contribution in [1.82, 2.24) is 10.3 Å². The van der Waals surface area contributed by atoms with Gasteiger partial charge in [0.2, 0.25) is 0 Å². The molecule has 3 nitrogen and oxygen atoms in total. The minimum Gasteiger partial charge on any atom is -0.351 e. The first-order valence-electron chi connectivity index (χ1n) is 6.07. The van der Waals surface area contributed by atoms with E-state index in [1.807, 2.05) is 18.4 Å². The quantitative estimate of drug-likeness (QED) is 0.795. The molecule has 92 valence electrons. The van der Waals surface area contributed by atoms with E-state index in [0.29, 0.717) is 0 Å². The van der Waals surface area contributed by atoms with Crippen LogP contribution in [-0.2, 0) is 13.0 Å². The van der Waals surface area contributed by atoms with Crippen LogP contribution in [0.3, 0.4) is 0 Å². The van der Waals surface area contributed by atoms with Gasteiger partial charge >= 0.3 is 0 Å². The van der Waals surface area contributed by atoms with Crippen LogP contribution in [0.5, 0.6) is 0 Å². The minimum absolute atomic E-state index is 0.933. The summed E-state index contributed by atoms with van der Waals surface area (Å²) < 4.78 is 0. The summed E-state index contributed by atoms with van der Waals surface area (Å²) in [6.45, 7) is 6.43. The fourth-order valence-electron chi connectivity index (χ4n) is 1.60. The number of aromatic nitrogens is 1. The minimum atomic E-state index is 0.933. The zero-order valence-electron chi connectivity index (χ0n) is 10.8. The fourth-order valence-corrected chi connectivity index (χ4v) is 2.75. The van der Waals surface area contributed by atoms with Gasteiger partial charge in [-0.05, 0) is 19.9 Å². The van der Waals surface area contributed by atoms with Gasteiger partial charge in [0.05, 0.1) is 5.69 Å². The van der Waals surface area contributed by atoms with E-state index in [-0.39, 0.29) is 0 Å². The zero-order chi connectivity index (χ0) is 12.0. The van der Waals surface area contributed by atoms with Crippen LogP contribution >= 0.6 is 11.3 Å². The smallest absolute Gasteiger partial charge is 0.185 e. The average molecular weight is 241 g/mol. The van der Waals surface area contributed by atoms with Gasteiger partial charge in [0.1, 0.15) is 0 Å². The van der Waals surface area contributed by atoms with Crippen molar-refractivity contribution in [3.8, 4) is 0 Å². The molecule has 0 saturated carbocycles. The molecule has 0 amide bonds. The van der Waals surface area contributed by atoms with Crippen molar-refractivity contribution in [2.24, 2.45) is 0 Å². The van der Waals surface area contributed by atoms with Gasteiger partial charge in [-0.2, -0.15) is 0 Å². The first kappa shape index (κ1) is 13.5. The predicted octanol–water partition coefficient (Wildman–Crippen LogP) is 2.66. The average Bonchev–Trinajstić information content (AvgIpc) is 2.69. The highest BCUT2D eigenvalue weighted by Crippen LogP contribution is 2.26. The number of anilines is 1. The number of rotatable bonds is 7. The summed E-state index contributed by atoms with van der Waals surface area (Å²) in [5.41, 5.74) is 1.25. The Morgan fingerprint density at radius 2 is 2.12 bits per heavy atom. The van der Waals surface area contributed by atoms with Crippen molar-refractivity contribution in [2.45, 2.75) is 39.7 Å². The Kier molecular flexibility index (Phi) is 5.77. The number of hydrogen-bond acceptors (Lipinski definition) is 4. The summed E-state index contributed by atoms with van der Waals surface area (Å²) >= 11 is 1.82. The van der Waals surface area contributed by atoms with Crippen molar-refractivity contribution in [3.05, 3.63) is 10.6 Å². The third kappa shape index (κ3) is 3.46.